The fraction of sp³-hybridized carbons (Fsp3) is 0.167. The third kappa shape index (κ3) is 8.74. The molecule has 0 aromatic heterocycles. The van der Waals surface area contributed by atoms with Crippen LogP contribution >= 0.6 is 58.6 Å². The summed E-state index contributed by atoms with van der Waals surface area (Å²) in [7, 11) is 0. The molecule has 0 spiro atoms. The van der Waals surface area contributed by atoms with Crippen LogP contribution in [0.2, 0.25) is 20.1 Å². The molecule has 0 aliphatic heterocycles. The summed E-state index contributed by atoms with van der Waals surface area (Å²) in [6.07, 6.45) is 1.86. The van der Waals surface area contributed by atoms with Gasteiger partial charge in [-0.25, -0.2) is 5.43 Å². The summed E-state index contributed by atoms with van der Waals surface area (Å²) in [6.45, 7) is 0.134. The predicted molar refractivity (Wildman–Crippen MR) is 123 cm³/mol. The number of hydrogen-bond donors (Lipinski definition) is 3. The molecule has 6 nitrogen and oxygen atoms in total. The van der Waals surface area contributed by atoms with E-state index in [1.54, 1.807) is 36.4 Å². The van der Waals surface area contributed by atoms with Gasteiger partial charge in [-0.2, -0.15) is 0 Å². The molecule has 29 heavy (non-hydrogen) atoms. The van der Waals surface area contributed by atoms with Gasteiger partial charge >= 0.3 is 0 Å². The van der Waals surface area contributed by atoms with Crippen LogP contribution in [0, 0.1) is 0 Å². The van der Waals surface area contributed by atoms with Gasteiger partial charge in [0.15, 0.2) is 6.61 Å². The van der Waals surface area contributed by atoms with E-state index in [1.165, 1.54) is 6.21 Å². The first-order valence-corrected chi connectivity index (χ1v) is 10.1. The zero-order valence-electron chi connectivity index (χ0n) is 14.8. The quantitative estimate of drug-likeness (QED) is 0.196. The van der Waals surface area contributed by atoms with E-state index in [9.17, 15) is 4.79 Å². The van der Waals surface area contributed by atoms with Crippen molar-refractivity contribution in [2.45, 2.75) is 6.42 Å². The van der Waals surface area contributed by atoms with Gasteiger partial charge in [0, 0.05) is 28.6 Å². The average molecular weight is 494 g/mol. The third-order valence-electron chi connectivity index (χ3n) is 3.33. The number of nitrogens with one attached hydrogen (secondary N) is 3. The van der Waals surface area contributed by atoms with Gasteiger partial charge in [0.05, 0.1) is 26.9 Å². The van der Waals surface area contributed by atoms with Gasteiger partial charge < -0.3 is 10.2 Å². The topological polar surface area (TPSA) is 74.8 Å². The molecule has 2 aromatic carbocycles. The average Bonchev–Trinajstić information content (AvgIpc) is 2.67. The summed E-state index contributed by atoms with van der Waals surface area (Å²) >= 11 is 29.0. The Bertz CT molecular complexity index is 911. The van der Waals surface area contributed by atoms with Crippen LogP contribution in [0.5, 0.6) is 0 Å². The molecule has 0 fully saturated rings. The summed E-state index contributed by atoms with van der Waals surface area (Å²) in [4.78, 5) is 17.2. The summed E-state index contributed by atoms with van der Waals surface area (Å²) in [5.41, 5.74) is 6.47. The van der Waals surface area contributed by atoms with E-state index < -0.39 is 5.91 Å². The molecule has 0 heterocycles. The van der Waals surface area contributed by atoms with Crippen LogP contribution in [-0.2, 0) is 9.63 Å². The lowest BCUT2D eigenvalue weighted by molar-refractivity contribution is -0.126. The van der Waals surface area contributed by atoms with E-state index in [-0.39, 0.29) is 6.61 Å². The number of nitrogens with zero attached hydrogens (tertiary/aromatic N) is 1. The highest BCUT2D eigenvalue weighted by Gasteiger charge is 2.05. The molecular formula is C18H16Cl4N4O2S. The second-order valence-electron chi connectivity index (χ2n) is 5.57. The summed E-state index contributed by atoms with van der Waals surface area (Å²) in [5.74, 6) is -0.402. The van der Waals surface area contributed by atoms with Crippen LogP contribution in [0.4, 0.5) is 5.69 Å². The van der Waals surface area contributed by atoms with Crippen molar-refractivity contribution < 1.29 is 9.63 Å². The van der Waals surface area contributed by atoms with Crippen molar-refractivity contribution in [3.05, 3.63) is 62.1 Å². The number of hydrazine groups is 1. The standard InChI is InChI=1S/C18H16Cl4N4O2S/c19-12-2-1-11(15(22)7-12)9-24-28-10-17(27)26-23-6-5-18(29)25-16-8-13(20)3-4-14(16)21/h1-4,7-9,23H,5-6,10H2,(H,25,29)(H,26,27)/b24-9+. The Morgan fingerprint density at radius 1 is 1.07 bits per heavy atom. The van der Waals surface area contributed by atoms with Crippen molar-refractivity contribution in [2.75, 3.05) is 18.5 Å². The van der Waals surface area contributed by atoms with Crippen molar-refractivity contribution in [1.29, 1.82) is 0 Å². The van der Waals surface area contributed by atoms with E-state index in [4.69, 9.17) is 63.5 Å². The predicted octanol–water partition coefficient (Wildman–Crippen LogP) is 5.10. The second-order valence-corrected chi connectivity index (χ2v) is 7.75. The first-order valence-electron chi connectivity index (χ1n) is 8.22. The lowest BCUT2D eigenvalue weighted by Crippen LogP contribution is -2.40. The molecule has 0 atom stereocenters. The fourth-order valence-corrected chi connectivity index (χ4v) is 2.98. The van der Waals surface area contributed by atoms with Gasteiger partial charge in [0.25, 0.3) is 5.91 Å². The number of benzene rings is 2. The molecule has 3 N–H and O–H groups in total. The molecule has 2 rings (SSSR count). The van der Waals surface area contributed by atoms with Gasteiger partial charge in [0.1, 0.15) is 0 Å². The monoisotopic (exact) mass is 492 g/mol. The maximum atomic E-state index is 11.7. The fourth-order valence-electron chi connectivity index (χ4n) is 1.98. The van der Waals surface area contributed by atoms with Crippen LogP contribution in [0.15, 0.2) is 41.6 Å². The van der Waals surface area contributed by atoms with Gasteiger partial charge in [-0.15, -0.1) is 0 Å². The van der Waals surface area contributed by atoms with Crippen LogP contribution in [0.25, 0.3) is 0 Å². The lowest BCUT2D eigenvalue weighted by Gasteiger charge is -2.11. The molecule has 154 valence electrons. The molecule has 0 radical (unpaired) electrons. The third-order valence-corrected chi connectivity index (χ3v) is 4.77. The highest BCUT2D eigenvalue weighted by Crippen LogP contribution is 2.25. The van der Waals surface area contributed by atoms with Crippen molar-refractivity contribution >= 4 is 81.4 Å². The van der Waals surface area contributed by atoms with E-state index >= 15 is 0 Å². The summed E-state index contributed by atoms with van der Waals surface area (Å²) in [6, 6.07) is 9.99. The van der Waals surface area contributed by atoms with Gasteiger partial charge in [0.2, 0.25) is 0 Å². The van der Waals surface area contributed by atoms with E-state index in [2.05, 4.69) is 21.3 Å². The number of halogens is 4. The number of amides is 1. The zero-order chi connectivity index (χ0) is 21.2. The van der Waals surface area contributed by atoms with E-state index in [1.807, 2.05) is 0 Å². The van der Waals surface area contributed by atoms with Crippen molar-refractivity contribution in [3.63, 3.8) is 0 Å². The Kier molecular flexibility index (Phi) is 9.93. The molecule has 0 bridgehead atoms. The Balaban J connectivity index is 1.62. The summed E-state index contributed by atoms with van der Waals surface area (Å²) < 4.78 is 0. The molecule has 0 aliphatic carbocycles. The van der Waals surface area contributed by atoms with Crippen molar-refractivity contribution in [2.24, 2.45) is 5.16 Å². The van der Waals surface area contributed by atoms with Crippen LogP contribution in [-0.4, -0.2) is 30.3 Å². The number of rotatable bonds is 9. The Morgan fingerprint density at radius 2 is 1.79 bits per heavy atom. The minimum Gasteiger partial charge on any atom is -0.386 e. The van der Waals surface area contributed by atoms with Crippen LogP contribution in [0.3, 0.4) is 0 Å². The summed E-state index contributed by atoms with van der Waals surface area (Å²) in [5, 5.41) is 8.70. The number of carbonyl (C=O) groups excluding carboxylic acids is 1. The smallest absolute Gasteiger partial charge is 0.274 e. The van der Waals surface area contributed by atoms with E-state index in [0.29, 0.717) is 49.3 Å². The van der Waals surface area contributed by atoms with Gasteiger partial charge in [-0.05, 0) is 30.3 Å². The minimum absolute atomic E-state index is 0.268. The van der Waals surface area contributed by atoms with Crippen LogP contribution < -0.4 is 16.2 Å². The Labute approximate surface area is 193 Å². The second kappa shape index (κ2) is 12.2. The zero-order valence-corrected chi connectivity index (χ0v) is 18.7. The number of anilines is 1. The minimum atomic E-state index is -0.402. The molecule has 0 unspecified atom stereocenters. The molecule has 1 amide bonds. The highest BCUT2D eigenvalue weighted by atomic mass is 35.5. The number of hydrogen-bond acceptors (Lipinski definition) is 5. The Hall–Kier alpha value is -1.61. The first-order chi connectivity index (χ1) is 13.8. The first kappa shape index (κ1) is 23.7. The molecule has 0 aliphatic rings. The van der Waals surface area contributed by atoms with Gasteiger partial charge in [-0.3, -0.25) is 10.2 Å². The SMILES string of the molecule is O=C(CO/N=C/c1ccc(Cl)cc1Cl)NNCCC(=S)Nc1cc(Cl)ccc1Cl. The number of carbonyl (C=O) groups is 1. The number of oxime groups is 1. The molecule has 0 saturated heterocycles. The molecular weight excluding hydrogens is 478 g/mol. The molecule has 2 aromatic rings. The number of thiocarbonyl (C=S) groups is 1. The maximum Gasteiger partial charge on any atom is 0.274 e. The normalized spacial score (nSPS) is 10.8. The molecule has 11 heteroatoms. The van der Waals surface area contributed by atoms with Gasteiger partial charge in [-0.1, -0.05) is 69.8 Å². The molecule has 0 saturated carbocycles. The van der Waals surface area contributed by atoms with E-state index in [0.717, 1.165) is 0 Å². The Morgan fingerprint density at radius 3 is 2.55 bits per heavy atom. The highest BCUT2D eigenvalue weighted by molar-refractivity contribution is 7.80. The van der Waals surface area contributed by atoms with Crippen LogP contribution in [0.1, 0.15) is 12.0 Å². The van der Waals surface area contributed by atoms with Crippen molar-refractivity contribution in [3.8, 4) is 0 Å². The largest absolute Gasteiger partial charge is 0.386 e. The maximum absolute atomic E-state index is 11.7. The van der Waals surface area contributed by atoms with Crippen molar-refractivity contribution in [1.82, 2.24) is 10.9 Å². The lowest BCUT2D eigenvalue weighted by atomic mass is 10.2.